The molecule has 0 bridgehead atoms. The Bertz CT molecular complexity index is 443. The zero-order valence-corrected chi connectivity index (χ0v) is 13.9. The molecule has 0 spiro atoms. The molecule has 0 heterocycles. The molecule has 0 radical (unpaired) electrons. The predicted octanol–water partition coefficient (Wildman–Crippen LogP) is 4.58. The van der Waals surface area contributed by atoms with Crippen LogP contribution < -0.4 is 9.64 Å². The Morgan fingerprint density at radius 1 is 1.14 bits per heavy atom. The minimum Gasteiger partial charge on any atom is -0.496 e. The van der Waals surface area contributed by atoms with Gasteiger partial charge < -0.3 is 9.64 Å². The molecule has 21 heavy (non-hydrogen) atoms. The first-order valence-corrected chi connectivity index (χ1v) is 8.09. The smallest absolute Gasteiger partial charge is 0.223 e. The second kappa shape index (κ2) is 9.43. The van der Waals surface area contributed by atoms with Crippen molar-refractivity contribution in [3.63, 3.8) is 0 Å². The van der Waals surface area contributed by atoms with Gasteiger partial charge in [-0.05, 0) is 43.0 Å². The van der Waals surface area contributed by atoms with E-state index in [9.17, 15) is 4.79 Å². The molecular formula is C18H29NO2. The van der Waals surface area contributed by atoms with Crippen LogP contribution in [0.4, 0.5) is 5.69 Å². The fourth-order valence-corrected chi connectivity index (χ4v) is 2.56. The van der Waals surface area contributed by atoms with Crippen LogP contribution in [0.1, 0.15) is 58.4 Å². The molecule has 0 aromatic heterocycles. The van der Waals surface area contributed by atoms with Gasteiger partial charge in [-0.15, -0.1) is 0 Å². The van der Waals surface area contributed by atoms with Gasteiger partial charge in [0.2, 0.25) is 5.91 Å². The number of rotatable bonds is 9. The lowest BCUT2D eigenvalue weighted by Crippen LogP contribution is -2.29. The number of amides is 1. The zero-order valence-electron chi connectivity index (χ0n) is 13.9. The number of aryl methyl sites for hydroxylation is 1. The first-order valence-electron chi connectivity index (χ1n) is 8.09. The van der Waals surface area contributed by atoms with E-state index in [2.05, 4.69) is 19.9 Å². The Kier molecular flexibility index (Phi) is 7.88. The van der Waals surface area contributed by atoms with Crippen molar-refractivity contribution >= 4 is 11.6 Å². The quantitative estimate of drug-likeness (QED) is 0.623. The number of benzene rings is 1. The van der Waals surface area contributed by atoms with Gasteiger partial charge in [0.1, 0.15) is 5.75 Å². The molecule has 1 aromatic carbocycles. The molecule has 0 aliphatic rings. The van der Waals surface area contributed by atoms with Crippen molar-refractivity contribution in [2.75, 3.05) is 18.6 Å². The van der Waals surface area contributed by atoms with Crippen LogP contribution in [-0.4, -0.2) is 19.6 Å². The first-order chi connectivity index (χ1) is 10.1. The molecule has 0 N–H and O–H groups in total. The summed E-state index contributed by atoms with van der Waals surface area (Å²) < 4.78 is 5.45. The molecule has 118 valence electrons. The zero-order chi connectivity index (χ0) is 15.7. The van der Waals surface area contributed by atoms with E-state index in [0.29, 0.717) is 0 Å². The van der Waals surface area contributed by atoms with Crippen molar-refractivity contribution < 1.29 is 9.53 Å². The standard InChI is InChI=1S/C18H29NO2/c1-5-7-8-9-10-16-14-17(11-12-18(16)21-4)19(13-6-2)15(3)20/h11-12,14H,5-10,13H2,1-4H3. The molecular weight excluding hydrogens is 262 g/mol. The Labute approximate surface area is 129 Å². The number of hydrogen-bond donors (Lipinski definition) is 0. The Balaban J connectivity index is 2.89. The van der Waals surface area contributed by atoms with E-state index in [1.165, 1.54) is 31.2 Å². The molecule has 1 rings (SSSR count). The lowest BCUT2D eigenvalue weighted by Gasteiger charge is -2.22. The maximum Gasteiger partial charge on any atom is 0.223 e. The second-order valence-electron chi connectivity index (χ2n) is 5.48. The van der Waals surface area contributed by atoms with Crippen LogP contribution in [0, 0.1) is 0 Å². The van der Waals surface area contributed by atoms with Gasteiger partial charge in [0.05, 0.1) is 7.11 Å². The molecule has 0 saturated carbocycles. The second-order valence-corrected chi connectivity index (χ2v) is 5.48. The van der Waals surface area contributed by atoms with Crippen molar-refractivity contribution in [2.45, 2.75) is 59.3 Å². The maximum absolute atomic E-state index is 11.8. The number of unbranched alkanes of at least 4 members (excludes halogenated alkanes) is 3. The maximum atomic E-state index is 11.8. The van der Waals surface area contributed by atoms with Crippen molar-refractivity contribution in [1.29, 1.82) is 0 Å². The van der Waals surface area contributed by atoms with E-state index in [-0.39, 0.29) is 5.91 Å². The molecule has 0 aliphatic heterocycles. The minimum absolute atomic E-state index is 0.0962. The van der Waals surface area contributed by atoms with Crippen LogP contribution in [0.3, 0.4) is 0 Å². The summed E-state index contributed by atoms with van der Waals surface area (Å²) in [6.45, 7) is 6.69. The highest BCUT2D eigenvalue weighted by molar-refractivity contribution is 5.91. The molecule has 0 atom stereocenters. The Morgan fingerprint density at radius 3 is 2.48 bits per heavy atom. The van der Waals surface area contributed by atoms with Crippen LogP contribution in [0.2, 0.25) is 0 Å². The van der Waals surface area contributed by atoms with Crippen LogP contribution in [0.5, 0.6) is 5.75 Å². The third kappa shape index (κ3) is 5.41. The molecule has 3 heteroatoms. The summed E-state index contributed by atoms with van der Waals surface area (Å²) >= 11 is 0. The molecule has 0 fully saturated rings. The molecule has 3 nitrogen and oxygen atoms in total. The van der Waals surface area contributed by atoms with Crippen LogP contribution in [0.25, 0.3) is 0 Å². The van der Waals surface area contributed by atoms with Crippen LogP contribution in [0.15, 0.2) is 18.2 Å². The number of nitrogens with zero attached hydrogens (tertiary/aromatic N) is 1. The van der Waals surface area contributed by atoms with Gasteiger partial charge in [-0.3, -0.25) is 4.79 Å². The van der Waals surface area contributed by atoms with Crippen molar-refractivity contribution in [2.24, 2.45) is 0 Å². The van der Waals surface area contributed by atoms with E-state index in [0.717, 1.165) is 30.8 Å². The van der Waals surface area contributed by atoms with Gasteiger partial charge in [0, 0.05) is 19.2 Å². The monoisotopic (exact) mass is 291 g/mol. The minimum atomic E-state index is 0.0962. The molecule has 0 aliphatic carbocycles. The van der Waals surface area contributed by atoms with Crippen molar-refractivity contribution in [3.8, 4) is 5.75 Å². The topological polar surface area (TPSA) is 29.5 Å². The highest BCUT2D eigenvalue weighted by Crippen LogP contribution is 2.27. The summed E-state index contributed by atoms with van der Waals surface area (Å²) in [4.78, 5) is 13.6. The summed E-state index contributed by atoms with van der Waals surface area (Å²) in [5.74, 6) is 1.02. The first kappa shape index (κ1) is 17.5. The summed E-state index contributed by atoms with van der Waals surface area (Å²) in [6, 6.07) is 6.07. The molecule has 1 amide bonds. The predicted molar refractivity (Wildman–Crippen MR) is 89.2 cm³/mol. The number of anilines is 1. The Hall–Kier alpha value is -1.51. The number of carbonyl (C=O) groups is 1. The molecule has 0 unspecified atom stereocenters. The van der Waals surface area contributed by atoms with E-state index in [1.807, 2.05) is 17.0 Å². The average Bonchev–Trinajstić information content (AvgIpc) is 2.48. The lowest BCUT2D eigenvalue weighted by atomic mass is 10.0. The SMILES string of the molecule is CCCCCCc1cc(N(CCC)C(C)=O)ccc1OC. The van der Waals surface area contributed by atoms with Gasteiger partial charge >= 0.3 is 0 Å². The van der Waals surface area contributed by atoms with Gasteiger partial charge in [0.15, 0.2) is 0 Å². The van der Waals surface area contributed by atoms with E-state index in [1.54, 1.807) is 14.0 Å². The summed E-state index contributed by atoms with van der Waals surface area (Å²) in [7, 11) is 1.71. The van der Waals surface area contributed by atoms with Crippen LogP contribution in [-0.2, 0) is 11.2 Å². The van der Waals surface area contributed by atoms with E-state index >= 15 is 0 Å². The summed E-state index contributed by atoms with van der Waals surface area (Å²) in [5.41, 5.74) is 2.18. The number of ether oxygens (including phenoxy) is 1. The summed E-state index contributed by atoms with van der Waals surface area (Å²) in [5, 5.41) is 0. The van der Waals surface area contributed by atoms with Gasteiger partial charge in [-0.25, -0.2) is 0 Å². The van der Waals surface area contributed by atoms with Crippen LogP contribution >= 0.6 is 0 Å². The highest BCUT2D eigenvalue weighted by atomic mass is 16.5. The molecule has 1 aromatic rings. The average molecular weight is 291 g/mol. The largest absolute Gasteiger partial charge is 0.496 e. The van der Waals surface area contributed by atoms with Crippen molar-refractivity contribution in [1.82, 2.24) is 0 Å². The Morgan fingerprint density at radius 2 is 1.90 bits per heavy atom. The lowest BCUT2D eigenvalue weighted by molar-refractivity contribution is -0.116. The highest BCUT2D eigenvalue weighted by Gasteiger charge is 2.13. The van der Waals surface area contributed by atoms with Gasteiger partial charge in [-0.1, -0.05) is 33.1 Å². The van der Waals surface area contributed by atoms with Gasteiger partial charge in [-0.2, -0.15) is 0 Å². The number of methoxy groups -OCH3 is 1. The fraction of sp³-hybridized carbons (Fsp3) is 0.611. The third-order valence-electron chi connectivity index (χ3n) is 3.70. The fourth-order valence-electron chi connectivity index (χ4n) is 2.56. The number of hydrogen-bond acceptors (Lipinski definition) is 2. The van der Waals surface area contributed by atoms with E-state index in [4.69, 9.17) is 4.74 Å². The van der Waals surface area contributed by atoms with E-state index < -0.39 is 0 Å². The number of carbonyl (C=O) groups excluding carboxylic acids is 1. The third-order valence-corrected chi connectivity index (χ3v) is 3.70. The van der Waals surface area contributed by atoms with Crippen molar-refractivity contribution in [3.05, 3.63) is 23.8 Å². The van der Waals surface area contributed by atoms with Gasteiger partial charge in [0.25, 0.3) is 0 Å². The normalized spacial score (nSPS) is 10.5. The summed E-state index contributed by atoms with van der Waals surface area (Å²) in [6.07, 6.45) is 6.90. The molecule has 0 saturated heterocycles.